The maximum atomic E-state index is 5.42. The van der Waals surface area contributed by atoms with Gasteiger partial charge >= 0.3 is 0 Å². The van der Waals surface area contributed by atoms with E-state index in [2.05, 4.69) is 138 Å². The molecular weight excluding hydrogens is 621 g/mol. The van der Waals surface area contributed by atoms with Crippen LogP contribution in [0.4, 0.5) is 0 Å². The van der Waals surface area contributed by atoms with Gasteiger partial charge in [-0.15, -0.1) is 0 Å². The van der Waals surface area contributed by atoms with Crippen LogP contribution < -0.4 is 0 Å². The molecule has 51 heavy (non-hydrogen) atoms. The molecule has 4 nitrogen and oxygen atoms in total. The van der Waals surface area contributed by atoms with Crippen molar-refractivity contribution in [2.75, 3.05) is 0 Å². The molecule has 0 saturated carbocycles. The zero-order valence-corrected chi connectivity index (χ0v) is 28.4. The summed E-state index contributed by atoms with van der Waals surface area (Å²) in [5, 5.41) is 0. The van der Waals surface area contributed by atoms with Gasteiger partial charge < -0.3 is 0 Å². The van der Waals surface area contributed by atoms with Crippen LogP contribution in [-0.2, 0) is 0 Å². The van der Waals surface area contributed by atoms with Crippen LogP contribution in [0.3, 0.4) is 0 Å². The van der Waals surface area contributed by atoms with Crippen LogP contribution in [0.5, 0.6) is 0 Å². The first-order valence-corrected chi connectivity index (χ1v) is 17.4. The molecule has 244 valence electrons. The Labute approximate surface area is 299 Å². The molecule has 0 N–H and O–H groups in total. The number of hydrogen-bond acceptors (Lipinski definition) is 4. The molecule has 0 atom stereocenters. The summed E-state index contributed by atoms with van der Waals surface area (Å²) < 4.78 is 0. The molecule has 0 aliphatic carbocycles. The third kappa shape index (κ3) is 6.85. The number of amidine groups is 1. The van der Waals surface area contributed by atoms with Gasteiger partial charge in [0.25, 0.3) is 0 Å². The minimum Gasteiger partial charge on any atom is -0.256 e. The fourth-order valence-electron chi connectivity index (χ4n) is 6.67. The lowest BCUT2D eigenvalue weighted by Crippen LogP contribution is -2.11. The zero-order chi connectivity index (χ0) is 34.4. The van der Waals surface area contributed by atoms with Crippen molar-refractivity contribution in [1.29, 1.82) is 0 Å². The summed E-state index contributed by atoms with van der Waals surface area (Å²) in [6, 6.07) is 56.8. The number of allylic oxidation sites excluding steroid dienone is 1. The highest BCUT2D eigenvalue weighted by atomic mass is 14.9. The molecular formula is C47H36N4. The SMILES string of the molecule is C/C1=C(\c2ccccc2-c2ccc(-c3ccccn3)cc2)N=C(c2ccccc2)N=C(c2ccccc2-c2ccc(-c3ccccn3)cc2)CC1. The zero-order valence-electron chi connectivity index (χ0n) is 28.4. The molecule has 3 heterocycles. The van der Waals surface area contributed by atoms with Crippen LogP contribution in [-0.4, -0.2) is 21.5 Å². The molecule has 0 bridgehead atoms. The smallest absolute Gasteiger partial charge is 0.160 e. The molecule has 5 aromatic carbocycles. The summed E-state index contributed by atoms with van der Waals surface area (Å²) in [4.78, 5) is 19.9. The molecule has 0 spiro atoms. The Morgan fingerprint density at radius 1 is 0.373 bits per heavy atom. The van der Waals surface area contributed by atoms with Crippen molar-refractivity contribution in [3.05, 3.63) is 198 Å². The molecule has 0 fully saturated rings. The van der Waals surface area contributed by atoms with E-state index in [9.17, 15) is 0 Å². The molecule has 7 aromatic rings. The predicted octanol–water partition coefficient (Wildman–Crippen LogP) is 11.6. The first kappa shape index (κ1) is 31.7. The topological polar surface area (TPSA) is 50.5 Å². The molecule has 1 aliphatic rings. The molecule has 1 aliphatic heterocycles. The summed E-state index contributed by atoms with van der Waals surface area (Å²) in [6.45, 7) is 2.22. The number of aliphatic imine (C=N–C) groups is 2. The second-order valence-corrected chi connectivity index (χ2v) is 12.7. The first-order chi connectivity index (χ1) is 25.2. The third-order valence-corrected chi connectivity index (χ3v) is 9.36. The van der Waals surface area contributed by atoms with Crippen molar-refractivity contribution < 1.29 is 0 Å². The van der Waals surface area contributed by atoms with Gasteiger partial charge in [0.1, 0.15) is 0 Å². The van der Waals surface area contributed by atoms with Gasteiger partial charge in [-0.1, -0.05) is 140 Å². The molecule has 0 amide bonds. The number of nitrogens with zero attached hydrogens (tertiary/aromatic N) is 4. The van der Waals surface area contributed by atoms with Crippen LogP contribution in [0, 0.1) is 0 Å². The summed E-state index contributed by atoms with van der Waals surface area (Å²) in [5.74, 6) is 0.709. The van der Waals surface area contributed by atoms with E-state index in [4.69, 9.17) is 9.98 Å². The minimum absolute atomic E-state index is 0.709. The Balaban J connectivity index is 1.20. The Morgan fingerprint density at radius 2 is 0.843 bits per heavy atom. The number of hydrogen-bond donors (Lipinski definition) is 0. The summed E-state index contributed by atoms with van der Waals surface area (Å²) in [7, 11) is 0. The summed E-state index contributed by atoms with van der Waals surface area (Å²) >= 11 is 0. The Bertz CT molecular complexity index is 2370. The van der Waals surface area contributed by atoms with Crippen LogP contribution in [0.1, 0.15) is 36.5 Å². The lowest BCUT2D eigenvalue weighted by atomic mass is 9.90. The molecule has 2 aromatic heterocycles. The van der Waals surface area contributed by atoms with Gasteiger partial charge in [0, 0.05) is 40.2 Å². The van der Waals surface area contributed by atoms with Crippen molar-refractivity contribution in [3.8, 4) is 44.8 Å². The highest BCUT2D eigenvalue weighted by Gasteiger charge is 2.20. The average molecular weight is 657 g/mol. The number of rotatable bonds is 7. The Morgan fingerprint density at radius 3 is 1.39 bits per heavy atom. The second kappa shape index (κ2) is 14.5. The van der Waals surface area contributed by atoms with Crippen molar-refractivity contribution >= 4 is 17.2 Å². The van der Waals surface area contributed by atoms with Gasteiger partial charge in [-0.05, 0) is 71.9 Å². The van der Waals surface area contributed by atoms with Gasteiger partial charge in [0.2, 0.25) is 0 Å². The van der Waals surface area contributed by atoms with E-state index in [-0.39, 0.29) is 0 Å². The van der Waals surface area contributed by atoms with Gasteiger partial charge in [0.05, 0.1) is 22.8 Å². The van der Waals surface area contributed by atoms with E-state index in [1.165, 1.54) is 5.57 Å². The van der Waals surface area contributed by atoms with Crippen molar-refractivity contribution in [2.45, 2.75) is 19.8 Å². The van der Waals surface area contributed by atoms with Gasteiger partial charge in [0.15, 0.2) is 5.84 Å². The lowest BCUT2D eigenvalue weighted by molar-refractivity contribution is 1.00. The van der Waals surface area contributed by atoms with E-state index >= 15 is 0 Å². The maximum absolute atomic E-state index is 5.42. The quantitative estimate of drug-likeness (QED) is 0.171. The largest absolute Gasteiger partial charge is 0.256 e. The monoisotopic (exact) mass is 656 g/mol. The van der Waals surface area contributed by atoms with Crippen molar-refractivity contribution in [3.63, 3.8) is 0 Å². The second-order valence-electron chi connectivity index (χ2n) is 12.7. The highest BCUT2D eigenvalue weighted by molar-refractivity contribution is 6.16. The first-order valence-electron chi connectivity index (χ1n) is 17.4. The number of aromatic nitrogens is 2. The maximum Gasteiger partial charge on any atom is 0.160 e. The Hall–Kier alpha value is -6.52. The van der Waals surface area contributed by atoms with Gasteiger partial charge in [-0.3, -0.25) is 9.97 Å². The van der Waals surface area contributed by atoms with Crippen LogP contribution in [0.2, 0.25) is 0 Å². The third-order valence-electron chi connectivity index (χ3n) is 9.36. The average Bonchev–Trinajstić information content (AvgIpc) is 3.21. The normalized spacial score (nSPS) is 14.6. The fourth-order valence-corrected chi connectivity index (χ4v) is 6.67. The van der Waals surface area contributed by atoms with E-state index in [0.717, 1.165) is 85.7 Å². The van der Waals surface area contributed by atoms with Crippen LogP contribution in [0.25, 0.3) is 50.5 Å². The molecule has 0 radical (unpaired) electrons. The molecule has 4 heteroatoms. The molecule has 0 unspecified atom stereocenters. The molecule has 8 rings (SSSR count). The van der Waals surface area contributed by atoms with Gasteiger partial charge in [-0.2, -0.15) is 0 Å². The van der Waals surface area contributed by atoms with E-state index in [1.54, 1.807) is 0 Å². The van der Waals surface area contributed by atoms with Crippen molar-refractivity contribution in [1.82, 2.24) is 9.97 Å². The molecule has 0 saturated heterocycles. The van der Waals surface area contributed by atoms with E-state index < -0.39 is 0 Å². The van der Waals surface area contributed by atoms with Crippen LogP contribution >= 0.6 is 0 Å². The summed E-state index contributed by atoms with van der Waals surface area (Å²) in [5.41, 5.74) is 15.1. The standard InChI is InChI=1S/C47H36N4/c1-33-21-30-45(41-17-7-5-15-39(41)34-22-26-36(27-23-34)43-19-9-11-31-48-43)50-47(38-13-3-2-4-14-38)51-46(33)42-18-8-6-16-40(42)35-24-28-37(29-25-35)44-20-10-12-32-49-44/h2-20,22-29,31-32H,21,30H2,1H3/b46-33-,50-45?,51-47?. The van der Waals surface area contributed by atoms with Gasteiger partial charge in [-0.25, -0.2) is 9.98 Å². The Kier molecular flexibility index (Phi) is 9.04. The van der Waals surface area contributed by atoms with Crippen molar-refractivity contribution in [2.24, 2.45) is 9.98 Å². The fraction of sp³-hybridized carbons (Fsp3) is 0.0638. The van der Waals surface area contributed by atoms with E-state index in [1.807, 2.05) is 54.9 Å². The summed E-state index contributed by atoms with van der Waals surface area (Å²) in [6.07, 6.45) is 5.28. The van der Waals surface area contributed by atoms with Crippen LogP contribution in [0.15, 0.2) is 192 Å². The van der Waals surface area contributed by atoms with E-state index in [0.29, 0.717) is 5.84 Å². The highest BCUT2D eigenvalue weighted by Crippen LogP contribution is 2.36. The predicted molar refractivity (Wildman–Crippen MR) is 212 cm³/mol. The lowest BCUT2D eigenvalue weighted by Gasteiger charge is -2.19. The minimum atomic E-state index is 0.709. The number of benzene rings is 5. The number of pyridine rings is 2.